The Morgan fingerprint density at radius 3 is 2.53 bits per heavy atom. The standard InChI is InChI=1S/C15H28N2OS/c1-4-15(2,3)11-5-7-12(8-6-11)17-14(18)13-9-19-10-16-13/h11-13,16H,4-10H2,1-3H3,(H,17,18). The van der Waals surface area contributed by atoms with Crippen molar-refractivity contribution in [2.75, 3.05) is 11.6 Å². The number of thioether (sulfide) groups is 1. The Morgan fingerprint density at radius 1 is 1.32 bits per heavy atom. The first kappa shape index (κ1) is 15.2. The lowest BCUT2D eigenvalue weighted by atomic mass is 9.69. The highest BCUT2D eigenvalue weighted by molar-refractivity contribution is 7.99. The lowest BCUT2D eigenvalue weighted by Crippen LogP contribution is -2.47. The van der Waals surface area contributed by atoms with Crippen molar-refractivity contribution in [3.63, 3.8) is 0 Å². The van der Waals surface area contributed by atoms with Crippen molar-refractivity contribution in [1.29, 1.82) is 0 Å². The number of nitrogens with one attached hydrogen (secondary N) is 2. The van der Waals surface area contributed by atoms with Gasteiger partial charge in [-0.15, -0.1) is 11.8 Å². The first-order chi connectivity index (χ1) is 9.03. The average Bonchev–Trinajstić information content (AvgIpc) is 2.93. The van der Waals surface area contributed by atoms with Crippen LogP contribution in [0.3, 0.4) is 0 Å². The molecule has 2 aliphatic rings. The molecule has 0 spiro atoms. The third-order valence-electron chi connectivity index (χ3n) is 5.12. The number of amides is 1. The van der Waals surface area contributed by atoms with Gasteiger partial charge in [-0.3, -0.25) is 10.1 Å². The molecule has 1 atom stereocenters. The molecule has 1 unspecified atom stereocenters. The molecule has 1 amide bonds. The fraction of sp³-hybridized carbons (Fsp3) is 0.933. The predicted octanol–water partition coefficient (Wildman–Crippen LogP) is 2.76. The van der Waals surface area contributed by atoms with E-state index in [0.29, 0.717) is 11.5 Å². The minimum atomic E-state index is 0.0369. The van der Waals surface area contributed by atoms with Crippen molar-refractivity contribution in [1.82, 2.24) is 10.6 Å². The predicted molar refractivity (Wildman–Crippen MR) is 82.2 cm³/mol. The molecule has 110 valence electrons. The van der Waals surface area contributed by atoms with Crippen LogP contribution >= 0.6 is 11.8 Å². The highest BCUT2D eigenvalue weighted by atomic mass is 32.2. The summed E-state index contributed by atoms with van der Waals surface area (Å²) in [7, 11) is 0. The number of hydrogen-bond donors (Lipinski definition) is 2. The summed E-state index contributed by atoms with van der Waals surface area (Å²) in [6, 6.07) is 0.443. The molecular formula is C15H28N2OS. The number of carbonyl (C=O) groups is 1. The highest BCUT2D eigenvalue weighted by Crippen LogP contribution is 2.40. The zero-order chi connectivity index (χ0) is 13.9. The monoisotopic (exact) mass is 284 g/mol. The zero-order valence-corrected chi connectivity index (χ0v) is 13.3. The maximum Gasteiger partial charge on any atom is 0.238 e. The largest absolute Gasteiger partial charge is 0.352 e. The lowest BCUT2D eigenvalue weighted by Gasteiger charge is -2.39. The Hall–Kier alpha value is -0.220. The molecule has 19 heavy (non-hydrogen) atoms. The van der Waals surface area contributed by atoms with Crippen LogP contribution in [-0.4, -0.2) is 29.6 Å². The molecule has 2 N–H and O–H groups in total. The molecule has 0 aromatic carbocycles. The van der Waals surface area contributed by atoms with Gasteiger partial charge in [0.15, 0.2) is 0 Å². The smallest absolute Gasteiger partial charge is 0.238 e. The Kier molecular flexibility index (Phi) is 5.18. The first-order valence-electron chi connectivity index (χ1n) is 7.64. The van der Waals surface area contributed by atoms with E-state index in [9.17, 15) is 4.79 Å². The Labute approximate surface area is 121 Å². The van der Waals surface area contributed by atoms with E-state index in [1.807, 2.05) is 11.8 Å². The van der Waals surface area contributed by atoms with Gasteiger partial charge in [-0.05, 0) is 37.0 Å². The number of hydrogen-bond acceptors (Lipinski definition) is 3. The first-order valence-corrected chi connectivity index (χ1v) is 8.80. The van der Waals surface area contributed by atoms with Crippen LogP contribution in [-0.2, 0) is 4.79 Å². The molecule has 3 nitrogen and oxygen atoms in total. The average molecular weight is 284 g/mol. The van der Waals surface area contributed by atoms with E-state index >= 15 is 0 Å². The van der Waals surface area contributed by atoms with Gasteiger partial charge in [0, 0.05) is 17.7 Å². The van der Waals surface area contributed by atoms with Crippen LogP contribution < -0.4 is 10.6 Å². The van der Waals surface area contributed by atoms with Gasteiger partial charge in [0.25, 0.3) is 0 Å². The van der Waals surface area contributed by atoms with E-state index in [0.717, 1.165) is 30.4 Å². The van der Waals surface area contributed by atoms with Gasteiger partial charge in [0.1, 0.15) is 0 Å². The molecular weight excluding hydrogens is 256 g/mol. The second kappa shape index (κ2) is 6.49. The van der Waals surface area contributed by atoms with Crippen LogP contribution in [0.4, 0.5) is 0 Å². The second-order valence-electron chi connectivity index (χ2n) is 6.67. The SMILES string of the molecule is CCC(C)(C)C1CCC(NC(=O)C2CSCN2)CC1. The molecule has 1 aliphatic carbocycles. The van der Waals surface area contributed by atoms with Gasteiger partial charge in [-0.2, -0.15) is 0 Å². The topological polar surface area (TPSA) is 41.1 Å². The van der Waals surface area contributed by atoms with Crippen LogP contribution in [0.2, 0.25) is 0 Å². The molecule has 0 aromatic heterocycles. The van der Waals surface area contributed by atoms with Crippen molar-refractivity contribution in [3.8, 4) is 0 Å². The molecule has 1 heterocycles. The van der Waals surface area contributed by atoms with Gasteiger partial charge in [0.2, 0.25) is 5.91 Å². The van der Waals surface area contributed by atoms with Crippen molar-refractivity contribution >= 4 is 17.7 Å². The maximum atomic E-state index is 12.1. The van der Waals surface area contributed by atoms with E-state index in [4.69, 9.17) is 0 Å². The summed E-state index contributed by atoms with van der Waals surface area (Å²) in [5, 5.41) is 6.48. The molecule has 0 bridgehead atoms. The van der Waals surface area contributed by atoms with E-state index in [-0.39, 0.29) is 11.9 Å². The van der Waals surface area contributed by atoms with Crippen molar-refractivity contribution in [3.05, 3.63) is 0 Å². The summed E-state index contributed by atoms with van der Waals surface area (Å²) in [4.78, 5) is 12.1. The molecule has 0 radical (unpaired) electrons. The molecule has 2 fully saturated rings. The van der Waals surface area contributed by atoms with Crippen LogP contribution in [0, 0.1) is 11.3 Å². The van der Waals surface area contributed by atoms with Gasteiger partial charge in [-0.25, -0.2) is 0 Å². The van der Waals surface area contributed by atoms with Gasteiger partial charge in [-0.1, -0.05) is 27.2 Å². The number of carbonyl (C=O) groups excluding carboxylic acids is 1. The highest BCUT2D eigenvalue weighted by Gasteiger charge is 2.33. The number of rotatable bonds is 4. The summed E-state index contributed by atoms with van der Waals surface area (Å²) in [6.07, 6.45) is 6.08. The van der Waals surface area contributed by atoms with Crippen LogP contribution in [0.25, 0.3) is 0 Å². The lowest BCUT2D eigenvalue weighted by molar-refractivity contribution is -0.123. The second-order valence-corrected chi connectivity index (χ2v) is 7.70. The summed E-state index contributed by atoms with van der Waals surface area (Å²) >= 11 is 1.81. The van der Waals surface area contributed by atoms with Crippen molar-refractivity contribution in [2.24, 2.45) is 11.3 Å². The quantitative estimate of drug-likeness (QED) is 0.834. The van der Waals surface area contributed by atoms with Crippen molar-refractivity contribution < 1.29 is 4.79 Å². The Balaban J connectivity index is 1.75. The van der Waals surface area contributed by atoms with Crippen LogP contribution in [0.5, 0.6) is 0 Å². The summed E-state index contributed by atoms with van der Waals surface area (Å²) in [6.45, 7) is 7.06. The molecule has 1 aliphatic heterocycles. The third kappa shape index (κ3) is 3.88. The van der Waals surface area contributed by atoms with E-state index in [1.165, 1.54) is 19.3 Å². The minimum absolute atomic E-state index is 0.0369. The van der Waals surface area contributed by atoms with Gasteiger partial charge >= 0.3 is 0 Å². The van der Waals surface area contributed by atoms with Gasteiger partial charge < -0.3 is 5.32 Å². The maximum absolute atomic E-state index is 12.1. The Morgan fingerprint density at radius 2 is 2.00 bits per heavy atom. The summed E-state index contributed by atoms with van der Waals surface area (Å²) < 4.78 is 0. The molecule has 2 rings (SSSR count). The molecule has 1 saturated heterocycles. The normalized spacial score (nSPS) is 32.3. The Bertz CT molecular complexity index is 305. The molecule has 1 saturated carbocycles. The molecule has 4 heteroatoms. The van der Waals surface area contributed by atoms with E-state index in [2.05, 4.69) is 31.4 Å². The van der Waals surface area contributed by atoms with Crippen LogP contribution in [0.1, 0.15) is 52.9 Å². The summed E-state index contributed by atoms with van der Waals surface area (Å²) in [5.74, 6) is 2.87. The summed E-state index contributed by atoms with van der Waals surface area (Å²) in [5.41, 5.74) is 0.457. The fourth-order valence-corrected chi connectivity index (χ4v) is 4.12. The minimum Gasteiger partial charge on any atom is -0.352 e. The van der Waals surface area contributed by atoms with E-state index in [1.54, 1.807) is 0 Å². The zero-order valence-electron chi connectivity index (χ0n) is 12.5. The van der Waals surface area contributed by atoms with Crippen molar-refractivity contribution in [2.45, 2.75) is 65.0 Å². The van der Waals surface area contributed by atoms with E-state index < -0.39 is 0 Å². The van der Waals surface area contributed by atoms with Gasteiger partial charge in [0.05, 0.1) is 6.04 Å². The van der Waals surface area contributed by atoms with Crippen LogP contribution in [0.15, 0.2) is 0 Å². The third-order valence-corrected chi connectivity index (χ3v) is 6.06. The fourth-order valence-electron chi connectivity index (χ4n) is 3.17. The molecule has 0 aromatic rings.